The number of benzene rings is 4. The van der Waals surface area contributed by atoms with E-state index in [4.69, 9.17) is 32.8 Å². The van der Waals surface area contributed by atoms with Crippen LogP contribution in [0.1, 0.15) is 155 Å². The van der Waals surface area contributed by atoms with E-state index in [2.05, 4.69) is 18.8 Å². The zero-order valence-electron chi connectivity index (χ0n) is 44.6. The van der Waals surface area contributed by atoms with Crippen LogP contribution >= 0.6 is 0 Å². The molecule has 4 aromatic carbocycles. The Balaban J connectivity index is 0.732. The molecule has 77 heavy (non-hydrogen) atoms. The van der Waals surface area contributed by atoms with Crippen molar-refractivity contribution in [2.75, 3.05) is 0 Å². The van der Waals surface area contributed by atoms with Crippen molar-refractivity contribution >= 4 is 46.9 Å². The van der Waals surface area contributed by atoms with E-state index in [0.717, 1.165) is 51.4 Å². The molecule has 14 nitrogen and oxygen atoms in total. The van der Waals surface area contributed by atoms with Gasteiger partial charge < -0.3 is 32.8 Å². The lowest BCUT2D eigenvalue weighted by Crippen LogP contribution is -2.30. The summed E-state index contributed by atoms with van der Waals surface area (Å²) < 4.78 is 40.9. The normalized spacial score (nSPS) is 23.5. The second-order valence-electron chi connectivity index (χ2n) is 21.9. The van der Waals surface area contributed by atoms with Crippen LogP contribution in [0.2, 0.25) is 0 Å². The molecule has 1 aromatic heterocycles. The average molecular weight is 1050 g/mol. The molecule has 0 atom stereocenters. The second kappa shape index (κ2) is 26.5. The molecule has 14 heteroatoms. The van der Waals surface area contributed by atoms with Crippen molar-refractivity contribution in [2.45, 2.75) is 155 Å². The Morgan fingerprint density at radius 1 is 0.416 bits per heavy atom. The van der Waals surface area contributed by atoms with Crippen molar-refractivity contribution in [1.29, 1.82) is 0 Å². The molecule has 0 spiro atoms. The van der Waals surface area contributed by atoms with Gasteiger partial charge in [-0.05, 0) is 193 Å². The summed E-state index contributed by atoms with van der Waals surface area (Å²) in [5, 5.41) is 0. The van der Waals surface area contributed by atoms with Crippen LogP contribution in [0.4, 0.5) is 0 Å². The van der Waals surface area contributed by atoms with Crippen molar-refractivity contribution in [3.05, 3.63) is 91.0 Å². The van der Waals surface area contributed by atoms with Gasteiger partial charge in [-0.3, -0.25) is 28.8 Å². The number of para-hydroxylation sites is 2. The average Bonchev–Trinajstić information content (AvgIpc) is 3.90. The molecule has 408 valence electrons. The molecule has 1 heterocycles. The van der Waals surface area contributed by atoms with E-state index in [1.54, 1.807) is 78.9 Å². The number of esters is 6. The van der Waals surface area contributed by atoms with Gasteiger partial charge in [-0.1, -0.05) is 64.5 Å². The maximum Gasteiger partial charge on any atom is 0.314 e. The molecule has 0 bridgehead atoms. The van der Waals surface area contributed by atoms with E-state index >= 15 is 0 Å². The fourth-order valence-corrected chi connectivity index (χ4v) is 11.6. The minimum Gasteiger partial charge on any atom is -0.436 e. The van der Waals surface area contributed by atoms with Gasteiger partial charge in [0, 0.05) is 0 Å². The lowest BCUT2D eigenvalue weighted by atomic mass is 9.80. The summed E-state index contributed by atoms with van der Waals surface area (Å²) in [7, 11) is 0. The minimum atomic E-state index is -0.479. The number of aromatic nitrogens is 1. The first kappa shape index (κ1) is 54.9. The van der Waals surface area contributed by atoms with Crippen molar-refractivity contribution in [1.82, 2.24) is 4.98 Å². The van der Waals surface area contributed by atoms with E-state index in [1.807, 2.05) is 12.1 Å². The van der Waals surface area contributed by atoms with Crippen LogP contribution in [0.5, 0.6) is 34.5 Å². The fraction of sp³-hybridized carbons (Fsp3) is 0.508. The van der Waals surface area contributed by atoms with E-state index in [-0.39, 0.29) is 53.1 Å². The number of hydrogen-bond donors (Lipinski definition) is 0. The maximum absolute atomic E-state index is 13.8. The number of rotatable bonds is 19. The molecule has 0 saturated heterocycles. The highest BCUT2D eigenvalue weighted by Gasteiger charge is 2.35. The summed E-state index contributed by atoms with van der Waals surface area (Å²) in [6.07, 6.45) is 18.4. The Hall–Kier alpha value is -6.83. The van der Waals surface area contributed by atoms with Gasteiger partial charge in [-0.25, -0.2) is 4.98 Å². The van der Waals surface area contributed by atoms with Gasteiger partial charge >= 0.3 is 35.8 Å². The number of fused-ring (bicyclic) bond motifs is 1. The number of hydrogen-bond acceptors (Lipinski definition) is 14. The molecule has 4 aliphatic carbocycles. The molecule has 9 rings (SSSR count). The van der Waals surface area contributed by atoms with Crippen molar-refractivity contribution < 1.29 is 61.6 Å². The van der Waals surface area contributed by atoms with E-state index in [0.29, 0.717) is 103 Å². The maximum atomic E-state index is 13.8. The zero-order chi connectivity index (χ0) is 53.7. The Labute approximate surface area is 451 Å². The van der Waals surface area contributed by atoms with Crippen LogP contribution in [0.15, 0.2) is 95.4 Å². The van der Waals surface area contributed by atoms with Gasteiger partial charge in [-0.2, -0.15) is 0 Å². The second-order valence-corrected chi connectivity index (χ2v) is 21.9. The quantitative estimate of drug-likeness (QED) is 0.0562. The Morgan fingerprint density at radius 2 is 0.740 bits per heavy atom. The topological polar surface area (TPSA) is 184 Å². The molecule has 0 unspecified atom stereocenters. The molecular weight excluding hydrogens is 979 g/mol. The van der Waals surface area contributed by atoms with Gasteiger partial charge in [0.1, 0.15) is 40.0 Å². The summed E-state index contributed by atoms with van der Waals surface area (Å²) in [6, 6.07) is 25.0. The monoisotopic (exact) mass is 1050 g/mol. The van der Waals surface area contributed by atoms with E-state index in [9.17, 15) is 28.8 Å². The third-order valence-corrected chi connectivity index (χ3v) is 16.5. The molecule has 0 amide bonds. The lowest BCUT2D eigenvalue weighted by Gasteiger charge is -2.27. The van der Waals surface area contributed by atoms with Crippen molar-refractivity contribution in [3.63, 3.8) is 0 Å². The molecular formula is C63H73NO13. The first-order valence-corrected chi connectivity index (χ1v) is 28.5. The fourth-order valence-electron chi connectivity index (χ4n) is 11.6. The number of oxazole rings is 1. The van der Waals surface area contributed by atoms with Crippen molar-refractivity contribution in [3.8, 4) is 46.0 Å². The first-order chi connectivity index (χ1) is 37.5. The standard InChI is InChI=1S/C63H73NO13/c1-3-5-9-40-13-17-42(18-14-40)58(65)71-48-29-33-50(34-30-48)73-60(67)44-21-23-46(24-22-44)62(69)75-52-37-38-55(53(39-52)57-64-54-11-7-8-12-56(54)76-57)77-63(70)47-27-25-45(26-28-47)61(68)74-51-35-31-49(32-36-51)72-59(66)43-19-15-41(16-20-43)10-6-4-2/h7-8,11-12,29-47H,3-6,9-10,13-28H2,1-2H3/t40?,41?,42?,43?,44-,45-,46-,47-. The highest BCUT2D eigenvalue weighted by Crippen LogP contribution is 2.40. The molecule has 0 radical (unpaired) electrons. The third-order valence-electron chi connectivity index (χ3n) is 16.5. The number of carbonyl (C=O) groups is 6. The molecule has 5 aromatic rings. The van der Waals surface area contributed by atoms with Gasteiger partial charge in [0.05, 0.1) is 41.1 Å². The molecule has 0 N–H and O–H groups in total. The lowest BCUT2D eigenvalue weighted by molar-refractivity contribution is -0.145. The Kier molecular flexibility index (Phi) is 18.9. The summed E-state index contributed by atoms with van der Waals surface area (Å²) >= 11 is 0. The Bertz CT molecular complexity index is 2770. The number of ether oxygens (including phenoxy) is 6. The van der Waals surface area contributed by atoms with E-state index in [1.165, 1.54) is 38.5 Å². The molecule has 0 aliphatic heterocycles. The predicted molar refractivity (Wildman–Crippen MR) is 287 cm³/mol. The first-order valence-electron chi connectivity index (χ1n) is 28.5. The smallest absolute Gasteiger partial charge is 0.314 e. The number of unbranched alkanes of at least 4 members (excludes halogenated alkanes) is 2. The SMILES string of the molecule is CCCCC1CCC(C(=O)Oc2ccc(OC(=O)[C@H]3CC[C@H](C(=O)Oc4ccc(OC(=O)[C@H]5CC[C@H](C(=O)Oc6ccc(OC(=O)C7CCC(CCCC)CC7)cc6)CC5)c(-c5nc6ccccc6o5)c4)CC3)cc2)CC1. The molecule has 4 aliphatic rings. The summed E-state index contributed by atoms with van der Waals surface area (Å²) in [4.78, 5) is 84.3. The highest BCUT2D eigenvalue weighted by molar-refractivity contribution is 5.83. The summed E-state index contributed by atoms with van der Waals surface area (Å²) in [6.45, 7) is 4.41. The summed E-state index contributed by atoms with van der Waals surface area (Å²) in [5.41, 5.74) is 1.44. The predicted octanol–water partition coefficient (Wildman–Crippen LogP) is 13.9. The molecule has 4 saturated carbocycles. The highest BCUT2D eigenvalue weighted by atomic mass is 16.6. The number of nitrogens with zero attached hydrogens (tertiary/aromatic N) is 1. The summed E-state index contributed by atoms with van der Waals surface area (Å²) in [5.74, 6) is -0.512. The van der Waals surface area contributed by atoms with Crippen LogP contribution in [-0.4, -0.2) is 40.8 Å². The zero-order valence-corrected chi connectivity index (χ0v) is 44.6. The van der Waals surface area contributed by atoms with Crippen LogP contribution in [0.3, 0.4) is 0 Å². The van der Waals surface area contributed by atoms with Crippen molar-refractivity contribution in [2.24, 2.45) is 47.3 Å². The van der Waals surface area contributed by atoms with Crippen LogP contribution in [0, 0.1) is 47.3 Å². The minimum absolute atomic E-state index is 0.0900. The third kappa shape index (κ3) is 14.8. The Morgan fingerprint density at radius 3 is 1.10 bits per heavy atom. The van der Waals surface area contributed by atoms with Gasteiger partial charge in [0.2, 0.25) is 5.89 Å². The van der Waals surface area contributed by atoms with Crippen LogP contribution in [-0.2, 0) is 28.8 Å². The van der Waals surface area contributed by atoms with Gasteiger partial charge in [0.25, 0.3) is 0 Å². The van der Waals surface area contributed by atoms with Crippen LogP contribution < -0.4 is 28.4 Å². The molecule has 4 fully saturated rings. The van der Waals surface area contributed by atoms with E-state index < -0.39 is 35.6 Å². The van der Waals surface area contributed by atoms with Crippen LogP contribution in [0.25, 0.3) is 22.6 Å². The van der Waals surface area contributed by atoms with Gasteiger partial charge in [-0.15, -0.1) is 0 Å². The number of carbonyl (C=O) groups excluding carboxylic acids is 6. The largest absolute Gasteiger partial charge is 0.436 e. The van der Waals surface area contributed by atoms with Gasteiger partial charge in [0.15, 0.2) is 5.58 Å².